The highest BCUT2D eigenvalue weighted by atomic mass is 32.3. The summed E-state index contributed by atoms with van der Waals surface area (Å²) in [6, 6.07) is 0. The van der Waals surface area contributed by atoms with E-state index in [1.165, 1.54) is 7.11 Å². The molecule has 122 valence electrons. The summed E-state index contributed by atoms with van der Waals surface area (Å²) in [7, 11) is -7.04. The Balaban J connectivity index is 2.53. The average Bonchev–Trinajstić information content (AvgIpc) is 2.41. The van der Waals surface area contributed by atoms with Crippen LogP contribution >= 0.6 is 0 Å². The number of hydrogen-bond donors (Lipinski definition) is 0. The zero-order valence-corrected chi connectivity index (χ0v) is 13.9. The summed E-state index contributed by atoms with van der Waals surface area (Å²) in [6.45, 7) is 7.28. The third-order valence-corrected chi connectivity index (χ3v) is 7.47. The monoisotopic (exact) mass is 340 g/mol. The van der Waals surface area contributed by atoms with Crippen molar-refractivity contribution in [3.05, 3.63) is 12.2 Å². The molecule has 0 aromatic carbocycles. The molecule has 0 bridgehead atoms. The second kappa shape index (κ2) is 5.31. The molecule has 4 unspecified atom stereocenters. The Morgan fingerprint density at radius 3 is 2.33 bits per heavy atom. The Kier molecular flexibility index (Phi) is 4.27. The predicted octanol–water partition coefficient (Wildman–Crippen LogP) is 0.779. The van der Waals surface area contributed by atoms with Gasteiger partial charge in [0.1, 0.15) is 12.2 Å². The fourth-order valence-electron chi connectivity index (χ4n) is 2.89. The van der Waals surface area contributed by atoms with Crippen molar-refractivity contribution < 1.29 is 29.9 Å². The number of hydrogen-bond acceptors (Lipinski definition) is 7. The van der Waals surface area contributed by atoms with Crippen LogP contribution < -0.4 is 0 Å². The molecule has 1 heterocycles. The van der Waals surface area contributed by atoms with E-state index in [-0.39, 0.29) is 5.92 Å². The molecule has 2 aliphatic rings. The van der Waals surface area contributed by atoms with Gasteiger partial charge in [0.05, 0.1) is 5.60 Å². The Hall–Kier alpha value is -0.480. The molecule has 9 heteroatoms. The van der Waals surface area contributed by atoms with Crippen LogP contribution in [-0.4, -0.2) is 46.8 Å². The summed E-state index contributed by atoms with van der Waals surface area (Å²) < 4.78 is 63.1. The molecule has 2 rings (SSSR count). The molecule has 0 radical (unpaired) electrons. The SMILES string of the molecule is C=C(C)C1CCC(C)(OC)C2OS(=O)(=O)CS(=O)(=O)OC12. The van der Waals surface area contributed by atoms with Gasteiger partial charge < -0.3 is 4.74 Å². The van der Waals surface area contributed by atoms with E-state index >= 15 is 0 Å². The van der Waals surface area contributed by atoms with Crippen molar-refractivity contribution in [3.63, 3.8) is 0 Å². The molecule has 0 amide bonds. The van der Waals surface area contributed by atoms with E-state index in [1.807, 2.05) is 0 Å². The molecule has 0 spiro atoms. The van der Waals surface area contributed by atoms with Crippen molar-refractivity contribution in [1.82, 2.24) is 0 Å². The lowest BCUT2D eigenvalue weighted by Gasteiger charge is -2.45. The van der Waals surface area contributed by atoms with Crippen LogP contribution in [0.1, 0.15) is 26.7 Å². The van der Waals surface area contributed by atoms with Gasteiger partial charge >= 0.3 is 0 Å². The Morgan fingerprint density at radius 1 is 1.24 bits per heavy atom. The molecule has 7 nitrogen and oxygen atoms in total. The number of fused-ring (bicyclic) bond motifs is 1. The molecule has 1 aliphatic heterocycles. The zero-order chi connectivity index (χ0) is 16.1. The summed E-state index contributed by atoms with van der Waals surface area (Å²) in [5.74, 6) is -0.304. The van der Waals surface area contributed by atoms with Crippen molar-refractivity contribution >= 4 is 20.2 Å². The van der Waals surface area contributed by atoms with Crippen molar-refractivity contribution in [3.8, 4) is 0 Å². The first-order valence-electron chi connectivity index (χ1n) is 6.52. The van der Waals surface area contributed by atoms with Gasteiger partial charge in [0.15, 0.2) is 0 Å². The number of rotatable bonds is 2. The van der Waals surface area contributed by atoms with E-state index in [9.17, 15) is 16.8 Å². The third-order valence-electron chi connectivity index (χ3n) is 4.14. The first-order chi connectivity index (χ1) is 9.50. The lowest BCUT2D eigenvalue weighted by atomic mass is 9.73. The smallest absolute Gasteiger partial charge is 0.284 e. The largest absolute Gasteiger partial charge is 0.376 e. The van der Waals surface area contributed by atoms with Gasteiger partial charge in [-0.3, -0.25) is 8.37 Å². The van der Waals surface area contributed by atoms with E-state index in [1.54, 1.807) is 13.8 Å². The van der Waals surface area contributed by atoms with Crippen LogP contribution in [0.5, 0.6) is 0 Å². The first kappa shape index (κ1) is 16.9. The standard InChI is InChI=1S/C12H20O7S2/c1-8(2)9-5-6-12(3,17-4)11-10(9)18-20(13,14)7-21(15,16)19-11/h9-11H,1,5-7H2,2-4H3. The van der Waals surface area contributed by atoms with Crippen LogP contribution in [0.3, 0.4) is 0 Å². The molecule has 0 aromatic rings. The fourth-order valence-corrected chi connectivity index (χ4v) is 5.95. The van der Waals surface area contributed by atoms with Crippen molar-refractivity contribution in [1.29, 1.82) is 0 Å². The highest BCUT2D eigenvalue weighted by Gasteiger charge is 2.54. The minimum absolute atomic E-state index is 0.304. The van der Waals surface area contributed by atoms with Gasteiger partial charge in [-0.1, -0.05) is 12.2 Å². The Morgan fingerprint density at radius 2 is 1.81 bits per heavy atom. The fraction of sp³-hybridized carbons (Fsp3) is 0.833. The molecule has 2 fully saturated rings. The van der Waals surface area contributed by atoms with Crippen LogP contribution in [0.15, 0.2) is 12.2 Å². The molecule has 1 aliphatic carbocycles. The Labute approximate surface area is 125 Å². The molecule has 21 heavy (non-hydrogen) atoms. The summed E-state index contributed by atoms with van der Waals surface area (Å²) in [4.78, 5) is 0. The maximum atomic E-state index is 11.9. The van der Waals surface area contributed by atoms with Crippen molar-refractivity contribution in [2.24, 2.45) is 5.92 Å². The van der Waals surface area contributed by atoms with Gasteiger partial charge in [0.25, 0.3) is 20.2 Å². The van der Waals surface area contributed by atoms with Crippen LogP contribution in [0.25, 0.3) is 0 Å². The van der Waals surface area contributed by atoms with E-state index in [0.717, 1.165) is 5.57 Å². The second-order valence-electron chi connectivity index (χ2n) is 5.82. The van der Waals surface area contributed by atoms with Crippen LogP contribution in [0.2, 0.25) is 0 Å². The third kappa shape index (κ3) is 3.31. The average molecular weight is 340 g/mol. The molecule has 1 saturated carbocycles. The van der Waals surface area contributed by atoms with Gasteiger partial charge in [-0.25, -0.2) is 0 Å². The van der Waals surface area contributed by atoms with Crippen LogP contribution in [0, 0.1) is 5.92 Å². The van der Waals surface area contributed by atoms with Gasteiger partial charge in [0, 0.05) is 13.0 Å². The van der Waals surface area contributed by atoms with Gasteiger partial charge in [-0.05, 0) is 26.7 Å². The van der Waals surface area contributed by atoms with Crippen molar-refractivity contribution in [2.75, 3.05) is 12.2 Å². The van der Waals surface area contributed by atoms with Gasteiger partial charge in [-0.2, -0.15) is 16.8 Å². The highest BCUT2D eigenvalue weighted by Crippen LogP contribution is 2.43. The van der Waals surface area contributed by atoms with Gasteiger partial charge in [-0.15, -0.1) is 0 Å². The lowest BCUT2D eigenvalue weighted by molar-refractivity contribution is -0.147. The quantitative estimate of drug-likeness (QED) is 0.541. The summed E-state index contributed by atoms with van der Waals surface area (Å²) in [5, 5.41) is -1.18. The lowest BCUT2D eigenvalue weighted by Crippen LogP contribution is -2.57. The predicted molar refractivity (Wildman–Crippen MR) is 75.4 cm³/mol. The maximum Gasteiger partial charge on any atom is 0.284 e. The molecule has 1 saturated heterocycles. The minimum Gasteiger partial charge on any atom is -0.376 e. The molecule has 4 atom stereocenters. The topological polar surface area (TPSA) is 96.0 Å². The van der Waals surface area contributed by atoms with E-state index in [4.69, 9.17) is 13.1 Å². The van der Waals surface area contributed by atoms with Crippen LogP contribution in [0.4, 0.5) is 0 Å². The normalized spacial score (nSPS) is 41.8. The molecule has 0 aromatic heterocycles. The second-order valence-corrected chi connectivity index (χ2v) is 9.38. The molecular formula is C12H20O7S2. The molecule has 0 N–H and O–H groups in total. The van der Waals surface area contributed by atoms with Crippen molar-refractivity contribution in [2.45, 2.75) is 44.5 Å². The first-order valence-corrected chi connectivity index (χ1v) is 9.68. The van der Waals surface area contributed by atoms with Crippen LogP contribution in [-0.2, 0) is 33.3 Å². The number of methoxy groups -OCH3 is 1. The number of ether oxygens (including phenoxy) is 1. The Bertz CT molecular complexity index is 637. The minimum atomic E-state index is -4.25. The summed E-state index contributed by atoms with van der Waals surface area (Å²) in [6.07, 6.45) is -0.885. The van der Waals surface area contributed by atoms with E-state index in [0.29, 0.717) is 12.8 Å². The zero-order valence-electron chi connectivity index (χ0n) is 12.2. The van der Waals surface area contributed by atoms with E-state index < -0.39 is 43.1 Å². The van der Waals surface area contributed by atoms with Gasteiger partial charge in [0.2, 0.25) is 5.08 Å². The maximum absolute atomic E-state index is 11.9. The molecular weight excluding hydrogens is 320 g/mol. The van der Waals surface area contributed by atoms with E-state index in [2.05, 4.69) is 6.58 Å². The highest BCUT2D eigenvalue weighted by molar-refractivity contribution is 8.03. The summed E-state index contributed by atoms with van der Waals surface area (Å²) in [5.41, 5.74) is -0.218. The summed E-state index contributed by atoms with van der Waals surface area (Å²) >= 11 is 0.